The van der Waals surface area contributed by atoms with Gasteiger partial charge in [0.15, 0.2) is 5.41 Å². The summed E-state index contributed by atoms with van der Waals surface area (Å²) in [5.41, 5.74) is -1.26. The van der Waals surface area contributed by atoms with Gasteiger partial charge in [0.2, 0.25) is 23.1 Å². The Hall–Kier alpha value is -1.78. The zero-order valence-corrected chi connectivity index (χ0v) is 10.7. The number of ether oxygens (including phenoxy) is 3. The molecule has 0 atom stereocenters. The Bertz CT molecular complexity index is 432. The number of methoxy groups -OCH3 is 3. The van der Waals surface area contributed by atoms with E-state index in [0.717, 1.165) is 12.8 Å². The molecule has 98 valence electrons. The molecule has 0 aliphatic heterocycles. The molecule has 0 N–H and O–H groups in total. The number of rotatable bonds is 3. The van der Waals surface area contributed by atoms with Crippen molar-refractivity contribution in [1.29, 1.82) is 0 Å². The van der Waals surface area contributed by atoms with Gasteiger partial charge in [0.25, 0.3) is 0 Å². The number of carbonyl (C=O) groups excluding carboxylic acids is 2. The Balaban J connectivity index is 2.55. The second kappa shape index (κ2) is 4.48. The van der Waals surface area contributed by atoms with Crippen molar-refractivity contribution in [2.24, 2.45) is 5.41 Å². The van der Waals surface area contributed by atoms with Gasteiger partial charge in [-0.15, -0.1) is 0 Å². The Kier molecular flexibility index (Phi) is 3.15. The molecule has 0 saturated heterocycles. The van der Waals surface area contributed by atoms with Crippen molar-refractivity contribution in [1.82, 2.24) is 0 Å². The van der Waals surface area contributed by atoms with Crippen LogP contribution >= 0.6 is 0 Å². The van der Waals surface area contributed by atoms with E-state index >= 15 is 0 Å². The van der Waals surface area contributed by atoms with Crippen molar-refractivity contribution < 1.29 is 23.8 Å². The minimum Gasteiger partial charge on any atom is -0.500 e. The second-order valence-corrected chi connectivity index (χ2v) is 4.29. The first-order chi connectivity index (χ1) is 8.63. The van der Waals surface area contributed by atoms with E-state index in [0.29, 0.717) is 12.2 Å². The molecule has 2 rings (SSSR count). The molecule has 5 nitrogen and oxygen atoms in total. The number of ketones is 2. The van der Waals surface area contributed by atoms with Crippen LogP contribution in [0.25, 0.3) is 0 Å². The highest BCUT2D eigenvalue weighted by molar-refractivity contribution is 6.27. The first-order valence-electron chi connectivity index (χ1n) is 5.80. The highest BCUT2D eigenvalue weighted by Gasteiger charge is 2.60. The van der Waals surface area contributed by atoms with Gasteiger partial charge in [-0.05, 0) is 25.3 Å². The molecule has 0 heterocycles. The molecule has 0 amide bonds. The van der Waals surface area contributed by atoms with Crippen molar-refractivity contribution >= 4 is 11.6 Å². The van der Waals surface area contributed by atoms with Crippen molar-refractivity contribution in [2.45, 2.75) is 19.3 Å². The fraction of sp³-hybridized carbons (Fsp3) is 0.538. The van der Waals surface area contributed by atoms with Gasteiger partial charge < -0.3 is 14.2 Å². The third kappa shape index (κ3) is 1.39. The van der Waals surface area contributed by atoms with E-state index in [9.17, 15) is 9.59 Å². The zero-order valence-electron chi connectivity index (χ0n) is 10.7. The lowest BCUT2D eigenvalue weighted by atomic mass is 9.73. The lowest BCUT2D eigenvalue weighted by molar-refractivity contribution is -0.136. The largest absolute Gasteiger partial charge is 0.500 e. The first kappa shape index (κ1) is 12.7. The average molecular weight is 252 g/mol. The monoisotopic (exact) mass is 252 g/mol. The van der Waals surface area contributed by atoms with Gasteiger partial charge in [0, 0.05) is 0 Å². The SMILES string of the molecule is COC1=CCCCC12C(=O)C(OC)=C(OC)C2=O. The summed E-state index contributed by atoms with van der Waals surface area (Å²) in [6.07, 6.45) is 3.80. The minimum atomic E-state index is -1.26. The second-order valence-electron chi connectivity index (χ2n) is 4.29. The number of carbonyl (C=O) groups is 2. The van der Waals surface area contributed by atoms with Crippen LogP contribution in [0, 0.1) is 5.41 Å². The average Bonchev–Trinajstić information content (AvgIpc) is 2.61. The van der Waals surface area contributed by atoms with E-state index in [1.807, 2.05) is 0 Å². The Morgan fingerprint density at radius 2 is 1.56 bits per heavy atom. The number of allylic oxidation sites excluding steroid dienone is 4. The van der Waals surface area contributed by atoms with E-state index in [4.69, 9.17) is 14.2 Å². The molecule has 5 heteroatoms. The van der Waals surface area contributed by atoms with Gasteiger partial charge in [-0.2, -0.15) is 0 Å². The van der Waals surface area contributed by atoms with Crippen molar-refractivity contribution in [3.05, 3.63) is 23.4 Å². The molecule has 2 aliphatic rings. The van der Waals surface area contributed by atoms with Crippen LogP contribution in [0.5, 0.6) is 0 Å². The molecule has 0 bridgehead atoms. The maximum Gasteiger partial charge on any atom is 0.223 e. The van der Waals surface area contributed by atoms with Crippen molar-refractivity contribution in [2.75, 3.05) is 21.3 Å². The Labute approximate surface area is 105 Å². The van der Waals surface area contributed by atoms with Gasteiger partial charge in [-0.3, -0.25) is 9.59 Å². The number of hydrogen-bond donors (Lipinski definition) is 0. The summed E-state index contributed by atoms with van der Waals surface area (Å²) in [6.45, 7) is 0. The van der Waals surface area contributed by atoms with E-state index in [2.05, 4.69) is 0 Å². The minimum absolute atomic E-state index is 0.00708. The van der Waals surface area contributed by atoms with Crippen LogP contribution in [0.4, 0.5) is 0 Å². The number of Topliss-reactive ketones (excluding diaryl/α,β-unsaturated/α-hetero) is 2. The highest BCUT2D eigenvalue weighted by atomic mass is 16.5. The van der Waals surface area contributed by atoms with Crippen LogP contribution in [-0.4, -0.2) is 32.9 Å². The molecule has 0 aromatic carbocycles. The fourth-order valence-electron chi connectivity index (χ4n) is 2.67. The molecule has 0 fully saturated rings. The van der Waals surface area contributed by atoms with E-state index in [1.165, 1.54) is 21.3 Å². The predicted octanol–water partition coefficient (Wildman–Crippen LogP) is 1.34. The smallest absolute Gasteiger partial charge is 0.223 e. The Morgan fingerprint density at radius 1 is 1.00 bits per heavy atom. The topological polar surface area (TPSA) is 61.8 Å². The van der Waals surface area contributed by atoms with Gasteiger partial charge in [0.05, 0.1) is 21.3 Å². The molecule has 18 heavy (non-hydrogen) atoms. The summed E-state index contributed by atoms with van der Waals surface area (Å²) in [7, 11) is 4.19. The van der Waals surface area contributed by atoms with Crippen LogP contribution < -0.4 is 0 Å². The molecule has 1 spiro atoms. The normalized spacial score (nSPS) is 22.3. The van der Waals surface area contributed by atoms with Gasteiger partial charge in [-0.1, -0.05) is 0 Å². The van der Waals surface area contributed by atoms with Crippen LogP contribution in [0.1, 0.15) is 19.3 Å². The Morgan fingerprint density at radius 3 is 2.00 bits per heavy atom. The summed E-state index contributed by atoms with van der Waals surface area (Å²) >= 11 is 0. The van der Waals surface area contributed by atoms with Gasteiger partial charge in [0.1, 0.15) is 5.76 Å². The first-order valence-corrected chi connectivity index (χ1v) is 5.80. The molecule has 2 aliphatic carbocycles. The van der Waals surface area contributed by atoms with Crippen LogP contribution in [0.15, 0.2) is 23.4 Å². The summed E-state index contributed by atoms with van der Waals surface area (Å²) in [6, 6.07) is 0. The third-order valence-electron chi connectivity index (χ3n) is 3.53. The lowest BCUT2D eigenvalue weighted by Crippen LogP contribution is -2.39. The summed E-state index contributed by atoms with van der Waals surface area (Å²) in [5.74, 6) is -0.329. The van der Waals surface area contributed by atoms with Gasteiger partial charge in [-0.25, -0.2) is 0 Å². The van der Waals surface area contributed by atoms with Crippen molar-refractivity contribution in [3.8, 4) is 0 Å². The predicted molar refractivity (Wildman–Crippen MR) is 62.4 cm³/mol. The zero-order chi connectivity index (χ0) is 13.3. The lowest BCUT2D eigenvalue weighted by Gasteiger charge is -2.30. The summed E-state index contributed by atoms with van der Waals surface area (Å²) < 4.78 is 15.3. The van der Waals surface area contributed by atoms with Crippen LogP contribution in [0.2, 0.25) is 0 Å². The summed E-state index contributed by atoms with van der Waals surface area (Å²) in [5, 5.41) is 0. The number of hydrogen-bond acceptors (Lipinski definition) is 5. The maximum absolute atomic E-state index is 12.5. The third-order valence-corrected chi connectivity index (χ3v) is 3.53. The quantitative estimate of drug-likeness (QED) is 0.709. The fourth-order valence-corrected chi connectivity index (χ4v) is 2.67. The van der Waals surface area contributed by atoms with Gasteiger partial charge >= 0.3 is 0 Å². The maximum atomic E-state index is 12.5. The van der Waals surface area contributed by atoms with E-state index < -0.39 is 5.41 Å². The molecule has 0 saturated carbocycles. The molecular weight excluding hydrogens is 236 g/mol. The summed E-state index contributed by atoms with van der Waals surface area (Å²) in [4.78, 5) is 24.9. The molecule has 0 unspecified atom stereocenters. The molecule has 0 aromatic heterocycles. The van der Waals surface area contributed by atoms with Crippen molar-refractivity contribution in [3.63, 3.8) is 0 Å². The highest BCUT2D eigenvalue weighted by Crippen LogP contribution is 2.48. The van der Waals surface area contributed by atoms with E-state index in [-0.39, 0.29) is 23.1 Å². The van der Waals surface area contributed by atoms with E-state index in [1.54, 1.807) is 6.08 Å². The molecular formula is C13H16O5. The standard InChI is InChI=1S/C13H16O5/c1-16-8-6-4-5-7-13(8)11(14)9(17-2)10(18-3)12(13)15/h6H,4-5,7H2,1-3H3. The van der Waals surface area contributed by atoms with Crippen LogP contribution in [-0.2, 0) is 23.8 Å². The molecule has 0 radical (unpaired) electrons. The van der Waals surface area contributed by atoms with Crippen LogP contribution in [0.3, 0.4) is 0 Å². The molecule has 0 aromatic rings.